The monoisotopic (exact) mass is 944 g/mol. The van der Waals surface area contributed by atoms with Gasteiger partial charge in [0.1, 0.15) is 6.54 Å². The van der Waals surface area contributed by atoms with Gasteiger partial charge in [-0.2, -0.15) is 13.0 Å². The van der Waals surface area contributed by atoms with E-state index in [4.69, 9.17) is 30.4 Å². The van der Waals surface area contributed by atoms with E-state index in [0.29, 0.717) is 67.4 Å². The maximum Gasteiger partial charge on any atom is 0.425 e. The van der Waals surface area contributed by atoms with Gasteiger partial charge in [0.2, 0.25) is 5.69 Å². The van der Waals surface area contributed by atoms with Crippen molar-refractivity contribution in [2.24, 2.45) is 0 Å². The molecule has 22 heteroatoms. The van der Waals surface area contributed by atoms with Gasteiger partial charge in [-0.3, -0.25) is 18.9 Å². The van der Waals surface area contributed by atoms with E-state index in [9.17, 15) is 40.3 Å². The third-order valence-corrected chi connectivity index (χ3v) is 11.9. The first-order valence-electron chi connectivity index (χ1n) is 19.5. The summed E-state index contributed by atoms with van der Waals surface area (Å²) < 4.78 is 122. The highest BCUT2D eigenvalue weighted by atomic mass is 32.2. The van der Waals surface area contributed by atoms with Crippen LogP contribution in [0, 0.1) is 0 Å². The molecule has 0 saturated heterocycles. The molecule has 2 aromatic carbocycles. The van der Waals surface area contributed by atoms with Crippen molar-refractivity contribution >= 4 is 76.1 Å². The molecule has 0 fully saturated rings. The smallest absolute Gasteiger partial charge is 0.425 e. The summed E-state index contributed by atoms with van der Waals surface area (Å²) in [6, 6.07) is 7.92. The van der Waals surface area contributed by atoms with E-state index in [2.05, 4.69) is 4.58 Å². The van der Waals surface area contributed by atoms with Crippen molar-refractivity contribution in [1.82, 2.24) is 0 Å². The van der Waals surface area contributed by atoms with Crippen LogP contribution < -0.4 is 4.90 Å². The number of unbranched alkanes of at least 4 members (excludes halogenated alkanes) is 2. The van der Waals surface area contributed by atoms with Crippen LogP contribution >= 0.6 is 0 Å². The number of benzene rings is 2. The van der Waals surface area contributed by atoms with Crippen molar-refractivity contribution < 1.29 is 75.3 Å². The molecule has 18 nitrogen and oxygen atoms in total. The average molecular weight is 945 g/mol. The molecule has 0 amide bonds. The standard InChI is InChI=1S/C40H52N2O10S2.2O3S/c1-7-14-33(43)27-24-29(34(44)15-8-2)38-32(25-27)42(22-13-23-53(47,48)49)36(40(38,5)6)17-12-16-35-39(3,4)30-26-28(54(50,51)52)19-20-31(30)41(35)21-11-9-10-18-37(45)46;2*1-4(2)3/h12,16-17,19-20,24-26H,7-11,13-15,18,21-23H2,1-6H3,(H2-,45,46,47,48,49,50,51,52);;. The lowest BCUT2D eigenvalue weighted by Crippen LogP contribution is -2.29. The van der Waals surface area contributed by atoms with E-state index >= 15 is 0 Å². The average Bonchev–Trinajstić information content (AvgIpc) is 3.47. The number of hydrogen-bond donors (Lipinski definition) is 2. The minimum atomic E-state index is -4.51. The molecule has 0 saturated carbocycles. The minimum Gasteiger partial charge on any atom is -0.748 e. The number of allylic oxidation sites excluding steroid dienone is 4. The van der Waals surface area contributed by atoms with Crippen LogP contribution in [0.25, 0.3) is 0 Å². The second-order valence-corrected chi connectivity index (χ2v) is 19.3. The molecular weight excluding hydrogens is 893 g/mol. The number of hydrogen-bond acceptors (Lipinski definition) is 15. The molecule has 342 valence electrons. The summed E-state index contributed by atoms with van der Waals surface area (Å²) in [4.78, 5) is 39.6. The maximum atomic E-state index is 13.7. The van der Waals surface area contributed by atoms with Crippen LogP contribution in [0.15, 0.2) is 59.2 Å². The van der Waals surface area contributed by atoms with Gasteiger partial charge in [0, 0.05) is 83.6 Å². The first-order chi connectivity index (χ1) is 28.6. The summed E-state index contributed by atoms with van der Waals surface area (Å²) in [5.41, 5.74) is 3.67. The number of nitrogens with zero attached hydrogens (tertiary/aromatic N) is 2. The molecule has 2 N–H and O–H groups in total. The quantitative estimate of drug-likeness (QED) is 0.0803. The van der Waals surface area contributed by atoms with E-state index < -0.39 is 64.0 Å². The first-order valence-corrected chi connectivity index (χ1v) is 24.5. The van der Waals surface area contributed by atoms with E-state index in [1.165, 1.54) is 12.1 Å². The van der Waals surface area contributed by atoms with Crippen LogP contribution in [-0.2, 0) is 57.1 Å². The van der Waals surface area contributed by atoms with Gasteiger partial charge < -0.3 is 14.6 Å². The Bertz CT molecular complexity index is 2550. The van der Waals surface area contributed by atoms with Gasteiger partial charge in [0.25, 0.3) is 10.1 Å². The van der Waals surface area contributed by atoms with Crippen molar-refractivity contribution in [3.63, 3.8) is 0 Å². The minimum absolute atomic E-state index is 0.0131. The Labute approximate surface area is 365 Å². The number of carboxylic acid groups (broad SMARTS) is 1. The lowest BCUT2D eigenvalue weighted by atomic mass is 9.78. The van der Waals surface area contributed by atoms with Crippen LogP contribution in [0.2, 0.25) is 0 Å². The van der Waals surface area contributed by atoms with Gasteiger partial charge in [-0.1, -0.05) is 33.8 Å². The Morgan fingerprint density at radius 3 is 1.92 bits per heavy atom. The van der Waals surface area contributed by atoms with Crippen LogP contribution in [0.5, 0.6) is 0 Å². The molecule has 0 aliphatic carbocycles. The molecule has 2 aliphatic heterocycles. The number of fused-ring (bicyclic) bond motifs is 2. The summed E-state index contributed by atoms with van der Waals surface area (Å²) in [7, 11) is -15.2. The summed E-state index contributed by atoms with van der Waals surface area (Å²) in [6.45, 7) is 12.3. The second-order valence-electron chi connectivity index (χ2n) is 15.5. The largest absolute Gasteiger partial charge is 0.748 e. The summed E-state index contributed by atoms with van der Waals surface area (Å²) in [6.07, 6.45) is 9.34. The third kappa shape index (κ3) is 14.7. The van der Waals surface area contributed by atoms with E-state index in [0.717, 1.165) is 22.7 Å². The van der Waals surface area contributed by atoms with Gasteiger partial charge in [0.15, 0.2) is 17.3 Å². The zero-order valence-corrected chi connectivity index (χ0v) is 38.5. The molecule has 4 rings (SSSR count). The second kappa shape index (κ2) is 22.6. The predicted octanol–water partition coefficient (Wildman–Crippen LogP) is 5.09. The lowest BCUT2D eigenvalue weighted by Gasteiger charge is -2.27. The van der Waals surface area contributed by atoms with E-state index in [1.807, 2.05) is 64.7 Å². The van der Waals surface area contributed by atoms with Crippen LogP contribution in [-0.4, -0.2) is 103 Å². The topological polar surface area (TPSA) is 292 Å². The molecule has 0 unspecified atom stereocenters. The summed E-state index contributed by atoms with van der Waals surface area (Å²) >= 11 is 0. The fourth-order valence-electron chi connectivity index (χ4n) is 7.65. The van der Waals surface area contributed by atoms with Crippen LogP contribution in [0.3, 0.4) is 0 Å². The zero-order chi connectivity index (χ0) is 47.4. The number of carboxylic acids is 1. The number of rotatable bonds is 19. The van der Waals surface area contributed by atoms with E-state index in [1.54, 1.807) is 18.2 Å². The molecule has 2 aromatic rings. The Morgan fingerprint density at radius 2 is 1.39 bits per heavy atom. The van der Waals surface area contributed by atoms with Gasteiger partial charge in [-0.05, 0) is 81.9 Å². The highest BCUT2D eigenvalue weighted by Crippen LogP contribution is 2.50. The molecule has 0 radical (unpaired) electrons. The highest BCUT2D eigenvalue weighted by molar-refractivity contribution is 7.86. The fraction of sp³-hybridized carbons (Fsp3) is 0.500. The van der Waals surface area contributed by atoms with Crippen molar-refractivity contribution in [2.75, 3.05) is 23.7 Å². The molecule has 2 aliphatic rings. The predicted molar refractivity (Wildman–Crippen MR) is 226 cm³/mol. The van der Waals surface area contributed by atoms with Gasteiger partial charge in [-0.25, -0.2) is 8.42 Å². The Hall–Kier alpha value is -4.74. The third-order valence-electron chi connectivity index (χ3n) is 10.3. The molecular formula is C40H52N2O16S4. The molecule has 0 bridgehead atoms. The van der Waals surface area contributed by atoms with Gasteiger partial charge in [0.05, 0.1) is 20.4 Å². The Kier molecular flexibility index (Phi) is 19.4. The van der Waals surface area contributed by atoms with E-state index in [-0.39, 0.29) is 42.3 Å². The SMILES string of the molecule is CCCC(=O)c1cc(C(=O)CCC)c2c(c1)N(CCCS(=O)(=O)[O-])C(=CC=CC1=[N+](CCCCCC(=O)O)c3ccc(S(=O)(=O)O)cc3C1(C)C)C2(C)C.O=S(=O)=O.O=S(=O)=O. The molecule has 0 spiro atoms. The maximum absolute atomic E-state index is 13.7. The highest BCUT2D eigenvalue weighted by Gasteiger charge is 2.46. The summed E-state index contributed by atoms with van der Waals surface area (Å²) in [5, 5.41) is 9.09. The zero-order valence-electron chi connectivity index (χ0n) is 35.2. The van der Waals surface area contributed by atoms with Crippen LogP contribution in [0.1, 0.15) is 131 Å². The van der Waals surface area contributed by atoms with Gasteiger partial charge >= 0.3 is 27.2 Å². The number of ketones is 2. The summed E-state index contributed by atoms with van der Waals surface area (Å²) in [5.74, 6) is -1.66. The number of aliphatic carboxylic acids is 1. The van der Waals surface area contributed by atoms with Crippen molar-refractivity contribution in [3.05, 3.63) is 76.5 Å². The van der Waals surface area contributed by atoms with Crippen molar-refractivity contribution in [1.29, 1.82) is 0 Å². The van der Waals surface area contributed by atoms with Crippen molar-refractivity contribution in [3.8, 4) is 0 Å². The number of anilines is 1. The van der Waals surface area contributed by atoms with Crippen LogP contribution in [0.4, 0.5) is 11.4 Å². The van der Waals surface area contributed by atoms with Gasteiger partial charge in [-0.15, -0.1) is 25.3 Å². The van der Waals surface area contributed by atoms with Crippen molar-refractivity contribution in [2.45, 2.75) is 115 Å². The molecule has 62 heavy (non-hydrogen) atoms. The molecule has 0 aromatic heterocycles. The molecule has 2 heterocycles. The molecule has 0 atom stereocenters. The number of carbonyl (C=O) groups excluding carboxylic acids is 2. The lowest BCUT2D eigenvalue weighted by molar-refractivity contribution is -0.438. The Balaban J connectivity index is 0.00000152. The Morgan fingerprint density at radius 1 is 0.806 bits per heavy atom. The fourth-order valence-corrected chi connectivity index (χ4v) is 8.64. The number of carbonyl (C=O) groups is 3. The number of Topliss-reactive ketones (excluding diaryl/α,β-unsaturated/α-hetero) is 2. The first kappa shape index (κ1) is 53.4. The normalized spacial score (nSPS) is 15.6.